The Morgan fingerprint density at radius 1 is 1.23 bits per heavy atom. The molecular formula is C22H29F3N2O2S. The number of carbonyl (C=O) groups excluding carboxylic acids is 1. The van der Waals surface area contributed by atoms with Crippen molar-refractivity contribution in [3.05, 3.63) is 40.4 Å². The van der Waals surface area contributed by atoms with E-state index in [9.17, 15) is 18.0 Å². The number of alkyl halides is 3. The molecule has 1 amide bonds. The summed E-state index contributed by atoms with van der Waals surface area (Å²) in [6, 6.07) is 5.70. The summed E-state index contributed by atoms with van der Waals surface area (Å²) in [7, 11) is 1.77. The first-order valence-corrected chi connectivity index (χ1v) is 11.0. The van der Waals surface area contributed by atoms with Crippen LogP contribution < -0.4 is 10.1 Å². The summed E-state index contributed by atoms with van der Waals surface area (Å²) in [5.74, 6) is -0.350. The highest BCUT2D eigenvalue weighted by Gasteiger charge is 2.32. The summed E-state index contributed by atoms with van der Waals surface area (Å²) in [4.78, 5) is 17.1. The molecule has 8 heteroatoms. The van der Waals surface area contributed by atoms with Gasteiger partial charge in [-0.15, -0.1) is 13.2 Å². The predicted octanol–water partition coefficient (Wildman–Crippen LogP) is 6.23. The van der Waals surface area contributed by atoms with Crippen LogP contribution in [0.1, 0.15) is 57.9 Å². The number of amides is 1. The molecular weight excluding hydrogens is 413 g/mol. The third kappa shape index (κ3) is 7.70. The summed E-state index contributed by atoms with van der Waals surface area (Å²) in [6.07, 6.45) is 1.51. The van der Waals surface area contributed by atoms with E-state index in [-0.39, 0.29) is 23.6 Å². The van der Waals surface area contributed by atoms with Gasteiger partial charge in [0.15, 0.2) is 0 Å². The fourth-order valence-corrected chi connectivity index (χ4v) is 4.55. The zero-order valence-corrected chi connectivity index (χ0v) is 18.5. The number of hydrogen-bond donors (Lipinski definition) is 1. The quantitative estimate of drug-likeness (QED) is 0.402. The molecule has 1 aliphatic rings. The molecule has 0 bridgehead atoms. The first-order chi connectivity index (χ1) is 14.2. The summed E-state index contributed by atoms with van der Waals surface area (Å²) < 4.78 is 42.0. The van der Waals surface area contributed by atoms with E-state index >= 15 is 0 Å². The normalized spacial score (nSPS) is 16.8. The number of rotatable bonds is 7. The van der Waals surface area contributed by atoms with Crippen molar-refractivity contribution in [3.63, 3.8) is 0 Å². The molecule has 1 aromatic rings. The maximum Gasteiger partial charge on any atom is 0.573 e. The van der Waals surface area contributed by atoms with Crippen molar-refractivity contribution in [2.24, 2.45) is 10.9 Å². The van der Waals surface area contributed by atoms with E-state index in [2.05, 4.69) is 15.0 Å². The first kappa shape index (κ1) is 24.3. The Kier molecular flexibility index (Phi) is 9.27. The standard InChI is InChI=1S/C22H29F3N2O2S/c1-4-15(2)20(30-21(26-3)16-10-6-5-7-11-16)27-19(28)14-17-12-8-9-13-18(17)29-22(23,24)25/h8-9,12-13,16H,4-7,10-11,14H2,1-3H3,(H,27,28)/b20-15-,26-21-. The number of thioether (sulfide) groups is 1. The second kappa shape index (κ2) is 11.4. The summed E-state index contributed by atoms with van der Waals surface area (Å²) >= 11 is 1.47. The molecule has 0 heterocycles. The van der Waals surface area contributed by atoms with Crippen LogP contribution in [-0.2, 0) is 11.2 Å². The molecule has 0 saturated heterocycles. The Balaban J connectivity index is 2.11. The summed E-state index contributed by atoms with van der Waals surface area (Å²) in [6.45, 7) is 3.94. The highest BCUT2D eigenvalue weighted by Crippen LogP contribution is 2.33. The number of ether oxygens (including phenoxy) is 1. The maximum atomic E-state index is 12.7. The van der Waals surface area contributed by atoms with Gasteiger partial charge in [-0.1, -0.05) is 56.1 Å². The van der Waals surface area contributed by atoms with Crippen LogP contribution in [0, 0.1) is 5.92 Å². The van der Waals surface area contributed by atoms with Crippen molar-refractivity contribution in [3.8, 4) is 5.75 Å². The minimum atomic E-state index is -4.81. The predicted molar refractivity (Wildman–Crippen MR) is 115 cm³/mol. The molecule has 0 atom stereocenters. The van der Waals surface area contributed by atoms with Crippen LogP contribution in [0.25, 0.3) is 0 Å². The zero-order valence-electron chi connectivity index (χ0n) is 17.6. The zero-order chi connectivity index (χ0) is 22.1. The molecule has 0 aliphatic heterocycles. The molecule has 1 fully saturated rings. The van der Waals surface area contributed by atoms with E-state index in [1.807, 2.05) is 13.8 Å². The molecule has 4 nitrogen and oxygen atoms in total. The average molecular weight is 443 g/mol. The molecule has 0 unspecified atom stereocenters. The van der Waals surface area contributed by atoms with Crippen molar-refractivity contribution in [1.82, 2.24) is 5.32 Å². The summed E-state index contributed by atoms with van der Waals surface area (Å²) in [5, 5.41) is 4.61. The topological polar surface area (TPSA) is 50.7 Å². The Hall–Kier alpha value is -1.96. The molecule has 0 aromatic heterocycles. The van der Waals surface area contributed by atoms with Crippen molar-refractivity contribution in [2.75, 3.05) is 7.05 Å². The highest BCUT2D eigenvalue weighted by molar-refractivity contribution is 8.17. The second-order valence-electron chi connectivity index (χ2n) is 7.34. The van der Waals surface area contributed by atoms with Gasteiger partial charge in [-0.2, -0.15) is 0 Å². The molecule has 2 rings (SSSR count). The second-order valence-corrected chi connectivity index (χ2v) is 8.37. The SMILES string of the molecule is CC/C(C)=C(/NC(=O)Cc1ccccc1OC(F)(F)F)S/C(=N\C)C1CCCCC1. The van der Waals surface area contributed by atoms with Gasteiger partial charge in [-0.05, 0) is 37.8 Å². The molecule has 1 saturated carbocycles. The molecule has 166 valence electrons. The fraction of sp³-hybridized carbons (Fsp3) is 0.545. The van der Waals surface area contributed by atoms with Crippen molar-refractivity contribution in [2.45, 2.75) is 65.2 Å². The van der Waals surface area contributed by atoms with E-state index in [0.717, 1.165) is 29.9 Å². The van der Waals surface area contributed by atoms with Crippen molar-refractivity contribution >= 4 is 22.7 Å². The van der Waals surface area contributed by atoms with Crippen LogP contribution in [0.3, 0.4) is 0 Å². The lowest BCUT2D eigenvalue weighted by atomic mass is 9.90. The minimum Gasteiger partial charge on any atom is -0.405 e. The third-order valence-electron chi connectivity index (χ3n) is 5.10. The van der Waals surface area contributed by atoms with E-state index in [0.29, 0.717) is 10.9 Å². The van der Waals surface area contributed by atoms with Crippen molar-refractivity contribution in [1.29, 1.82) is 0 Å². The fourth-order valence-electron chi connectivity index (χ4n) is 3.36. The Morgan fingerprint density at radius 2 is 1.90 bits per heavy atom. The largest absolute Gasteiger partial charge is 0.573 e. The summed E-state index contributed by atoms with van der Waals surface area (Å²) in [5.41, 5.74) is 1.19. The van der Waals surface area contributed by atoms with E-state index in [1.54, 1.807) is 13.1 Å². The Morgan fingerprint density at radius 3 is 2.50 bits per heavy atom. The molecule has 1 N–H and O–H groups in total. The van der Waals surface area contributed by atoms with Gasteiger partial charge in [-0.25, -0.2) is 0 Å². The number of hydrogen-bond acceptors (Lipinski definition) is 4. The van der Waals surface area contributed by atoms with E-state index in [1.165, 1.54) is 49.2 Å². The number of halogens is 3. The average Bonchev–Trinajstić information content (AvgIpc) is 2.71. The number of nitrogens with one attached hydrogen (secondary N) is 1. The lowest BCUT2D eigenvalue weighted by Gasteiger charge is -2.24. The first-order valence-electron chi connectivity index (χ1n) is 10.2. The number of benzene rings is 1. The molecule has 1 aromatic carbocycles. The van der Waals surface area contributed by atoms with Gasteiger partial charge >= 0.3 is 6.36 Å². The molecule has 0 spiro atoms. The lowest BCUT2D eigenvalue weighted by Crippen LogP contribution is -2.27. The van der Waals surface area contributed by atoms with E-state index < -0.39 is 6.36 Å². The highest BCUT2D eigenvalue weighted by atomic mass is 32.2. The van der Waals surface area contributed by atoms with Gasteiger partial charge in [0.1, 0.15) is 5.75 Å². The number of para-hydroxylation sites is 1. The van der Waals surface area contributed by atoms with Gasteiger partial charge in [0.2, 0.25) is 5.91 Å². The Bertz CT molecular complexity index is 785. The number of carbonyl (C=O) groups is 1. The molecule has 30 heavy (non-hydrogen) atoms. The van der Waals surface area contributed by atoms with Crippen LogP contribution in [-0.4, -0.2) is 24.4 Å². The lowest BCUT2D eigenvalue weighted by molar-refractivity contribution is -0.274. The monoisotopic (exact) mass is 442 g/mol. The van der Waals surface area contributed by atoms with Crippen LogP contribution in [0.2, 0.25) is 0 Å². The van der Waals surface area contributed by atoms with Gasteiger partial charge in [0.05, 0.1) is 16.5 Å². The van der Waals surface area contributed by atoms with Gasteiger partial charge in [-0.3, -0.25) is 9.79 Å². The van der Waals surface area contributed by atoms with Crippen LogP contribution in [0.5, 0.6) is 5.75 Å². The maximum absolute atomic E-state index is 12.7. The minimum absolute atomic E-state index is 0.183. The number of nitrogens with zero attached hydrogens (tertiary/aromatic N) is 1. The van der Waals surface area contributed by atoms with Crippen LogP contribution in [0.4, 0.5) is 13.2 Å². The van der Waals surface area contributed by atoms with Crippen molar-refractivity contribution < 1.29 is 22.7 Å². The molecule has 0 radical (unpaired) electrons. The third-order valence-corrected chi connectivity index (χ3v) is 6.48. The van der Waals surface area contributed by atoms with Crippen LogP contribution in [0.15, 0.2) is 39.9 Å². The van der Waals surface area contributed by atoms with Gasteiger partial charge in [0, 0.05) is 18.5 Å². The number of allylic oxidation sites excluding steroid dienone is 1. The van der Waals surface area contributed by atoms with Gasteiger partial charge in [0.25, 0.3) is 0 Å². The van der Waals surface area contributed by atoms with Crippen LogP contribution >= 0.6 is 11.8 Å². The van der Waals surface area contributed by atoms with Gasteiger partial charge < -0.3 is 10.1 Å². The number of aliphatic imine (C=N–C) groups is 1. The smallest absolute Gasteiger partial charge is 0.405 e. The van der Waals surface area contributed by atoms with E-state index in [4.69, 9.17) is 0 Å². The molecule has 1 aliphatic carbocycles. The Labute approximate surface area is 180 Å².